The summed E-state index contributed by atoms with van der Waals surface area (Å²) < 4.78 is 29.2. The molecule has 20 nitrogen and oxygen atoms in total. The fraction of sp³-hybridized carbons (Fsp3) is 0.439. The van der Waals surface area contributed by atoms with Crippen molar-refractivity contribution in [3.63, 3.8) is 0 Å². The lowest BCUT2D eigenvalue weighted by atomic mass is 10.1. The van der Waals surface area contributed by atoms with Gasteiger partial charge in [-0.1, -0.05) is 107 Å². The van der Waals surface area contributed by atoms with Gasteiger partial charge in [0.05, 0.1) is 33.0 Å². The summed E-state index contributed by atoms with van der Waals surface area (Å²) in [5.74, 6) is 3.91. The van der Waals surface area contributed by atoms with Gasteiger partial charge in [0, 0.05) is 53.0 Å². The minimum absolute atomic E-state index is 0.0552. The summed E-state index contributed by atoms with van der Waals surface area (Å²) in [6.07, 6.45) is 12.3. The summed E-state index contributed by atoms with van der Waals surface area (Å²) in [4.78, 5) is 47.8. The van der Waals surface area contributed by atoms with Crippen molar-refractivity contribution in [1.82, 2.24) is 29.9 Å². The van der Waals surface area contributed by atoms with E-state index < -0.39 is 0 Å². The van der Waals surface area contributed by atoms with Crippen molar-refractivity contribution in [2.24, 2.45) is 11.5 Å². The Hall–Kier alpha value is -7.84. The predicted octanol–water partition coefficient (Wildman–Crippen LogP) is 9.77. The minimum atomic E-state index is -0.324. The van der Waals surface area contributed by atoms with Crippen LogP contribution in [0.4, 0.5) is 29.7 Å². The number of nitrogens with two attached hydrogens (primary N) is 2. The molecule has 0 bridgehead atoms. The quantitative estimate of drug-likeness (QED) is 0.0182. The molecule has 0 unspecified atom stereocenters. The fourth-order valence-corrected chi connectivity index (χ4v) is 7.29. The molecule has 6 aromatic rings. The molecule has 0 spiro atoms. The van der Waals surface area contributed by atoms with E-state index in [1.165, 1.54) is 58.8 Å². The molecule has 2 heterocycles. The first-order valence-corrected chi connectivity index (χ1v) is 26.9. The van der Waals surface area contributed by atoms with E-state index in [4.69, 9.17) is 35.2 Å². The number of benzene rings is 4. The Kier molecular flexibility index (Phi) is 27.6. The average molecular weight is 1060 g/mol. The lowest BCUT2D eigenvalue weighted by Crippen LogP contribution is -2.19. The van der Waals surface area contributed by atoms with Crippen LogP contribution >= 0.6 is 0 Å². The number of amides is 2. The highest BCUT2D eigenvalue weighted by Gasteiger charge is 2.11. The number of aromatic nitrogens is 6. The van der Waals surface area contributed by atoms with E-state index in [-0.39, 0.29) is 35.7 Å². The first-order chi connectivity index (χ1) is 37.6. The number of unbranched alkanes of at least 4 members (excludes halogenated alkanes) is 7. The highest BCUT2D eigenvalue weighted by molar-refractivity contribution is 5.88. The molecule has 0 aliphatic carbocycles. The Morgan fingerprint density at radius 3 is 1.08 bits per heavy atom. The van der Waals surface area contributed by atoms with Crippen LogP contribution in [0.3, 0.4) is 0 Å². The predicted molar refractivity (Wildman–Crippen MR) is 305 cm³/mol. The minimum Gasteiger partial charge on any atom is -0.494 e. The molecule has 0 aliphatic rings. The van der Waals surface area contributed by atoms with E-state index in [0.717, 1.165) is 71.3 Å². The Balaban J connectivity index is 0.000000284. The van der Waals surface area contributed by atoms with Gasteiger partial charge in [0.15, 0.2) is 0 Å². The Morgan fingerprint density at radius 2 is 0.688 bits per heavy atom. The second-order valence-electron chi connectivity index (χ2n) is 17.8. The lowest BCUT2D eigenvalue weighted by molar-refractivity contribution is -0.115. The molecule has 77 heavy (non-hydrogen) atoms. The fourth-order valence-electron chi connectivity index (χ4n) is 7.29. The van der Waals surface area contributed by atoms with Crippen molar-refractivity contribution in [2.75, 3.05) is 92.3 Å². The van der Waals surface area contributed by atoms with Gasteiger partial charge in [0.2, 0.25) is 41.6 Å². The van der Waals surface area contributed by atoms with E-state index in [9.17, 15) is 9.59 Å². The van der Waals surface area contributed by atoms with E-state index in [0.29, 0.717) is 77.3 Å². The lowest BCUT2D eigenvalue weighted by Gasteiger charge is -2.11. The normalized spacial score (nSPS) is 10.6. The van der Waals surface area contributed by atoms with Crippen molar-refractivity contribution >= 4 is 41.6 Å². The molecular formula is C57H79N13O7. The summed E-state index contributed by atoms with van der Waals surface area (Å²) in [6, 6.07) is 32.7. The molecule has 9 N–H and O–H groups in total. The average Bonchev–Trinajstić information content (AvgIpc) is 3.43. The van der Waals surface area contributed by atoms with Gasteiger partial charge in [0.25, 0.3) is 0 Å². The van der Waals surface area contributed by atoms with Crippen LogP contribution in [0.5, 0.6) is 29.0 Å². The second kappa shape index (κ2) is 35.4. The van der Waals surface area contributed by atoms with Crippen LogP contribution in [-0.4, -0.2) is 107 Å². The van der Waals surface area contributed by atoms with Crippen molar-refractivity contribution < 1.29 is 33.3 Å². The molecule has 2 aromatic heterocycles. The number of ether oxygens (including phenoxy) is 5. The van der Waals surface area contributed by atoms with Crippen molar-refractivity contribution in [1.29, 1.82) is 0 Å². The topological polar surface area (TPSA) is 270 Å². The first kappa shape index (κ1) is 60.0. The molecule has 4 aromatic carbocycles. The van der Waals surface area contributed by atoms with Crippen LogP contribution in [0.2, 0.25) is 0 Å². The maximum atomic E-state index is 11.3. The largest absolute Gasteiger partial charge is 0.494 e. The maximum absolute atomic E-state index is 11.3. The summed E-state index contributed by atoms with van der Waals surface area (Å²) in [6.45, 7) is 12.6. The number of carbonyl (C=O) groups excluding carboxylic acids is 2. The molecule has 0 saturated carbocycles. The number of nitrogens with one attached hydrogen (secondary N) is 5. The zero-order chi connectivity index (χ0) is 54.7. The third-order valence-electron chi connectivity index (χ3n) is 11.2. The van der Waals surface area contributed by atoms with Gasteiger partial charge in [0.1, 0.15) is 23.0 Å². The molecule has 0 saturated heterocycles. The highest BCUT2D eigenvalue weighted by atomic mass is 16.5. The highest BCUT2D eigenvalue weighted by Crippen LogP contribution is 2.27. The third-order valence-corrected chi connectivity index (χ3v) is 11.2. The SMILES string of the molecule is CCCCCCCOc1ccc(-c2ccc(OCCCOc3nc(NCCN)nc(NCCN)n3)cc2)cc1.CCCCCCOc1ccc(-c2ccc(OCCCNc3nc(NC(C)=O)nc(NC(C)=O)n3)cc2)cc1. The Labute approximate surface area is 453 Å². The number of hydrogen-bond donors (Lipinski definition) is 7. The van der Waals surface area contributed by atoms with E-state index in [1.807, 2.05) is 60.7 Å². The van der Waals surface area contributed by atoms with Gasteiger partial charge in [-0.25, -0.2) is 0 Å². The van der Waals surface area contributed by atoms with Crippen LogP contribution in [-0.2, 0) is 9.59 Å². The van der Waals surface area contributed by atoms with E-state index in [2.05, 4.69) is 107 Å². The Morgan fingerprint density at radius 1 is 0.377 bits per heavy atom. The summed E-state index contributed by atoms with van der Waals surface area (Å²) in [5.41, 5.74) is 15.6. The summed E-state index contributed by atoms with van der Waals surface area (Å²) in [5, 5.41) is 14.1. The van der Waals surface area contributed by atoms with Crippen LogP contribution < -0.4 is 61.7 Å². The number of hydrogen-bond acceptors (Lipinski definition) is 18. The van der Waals surface area contributed by atoms with Crippen LogP contribution in [0.1, 0.15) is 98.3 Å². The van der Waals surface area contributed by atoms with Crippen molar-refractivity contribution in [3.8, 4) is 51.3 Å². The van der Waals surface area contributed by atoms with Gasteiger partial charge < -0.3 is 51.1 Å². The third kappa shape index (κ3) is 24.1. The van der Waals surface area contributed by atoms with Gasteiger partial charge in [-0.2, -0.15) is 29.9 Å². The van der Waals surface area contributed by atoms with Crippen molar-refractivity contribution in [3.05, 3.63) is 97.1 Å². The van der Waals surface area contributed by atoms with Gasteiger partial charge in [-0.05, 0) is 90.0 Å². The number of carbonyl (C=O) groups is 2. The monoisotopic (exact) mass is 1060 g/mol. The van der Waals surface area contributed by atoms with Crippen LogP contribution in [0.15, 0.2) is 97.1 Å². The summed E-state index contributed by atoms with van der Waals surface area (Å²) >= 11 is 0. The maximum Gasteiger partial charge on any atom is 0.323 e. The van der Waals surface area contributed by atoms with Gasteiger partial charge >= 0.3 is 6.01 Å². The molecule has 0 radical (unpaired) electrons. The zero-order valence-electron chi connectivity index (χ0n) is 45.3. The standard InChI is InChI=1S/C29H43N7O3.C28H36N6O4/c1-2-3-4-5-6-20-37-25-12-8-23(9-13-25)24-10-14-26(15-11-24)38-21-7-22-39-29-35-27(32-18-16-30)34-28(36-29)33-19-17-31;1-4-5-6-7-18-37-24-13-9-22(10-14-24)23-11-15-25(16-12-23)38-19-8-17-29-26-32-27(30-20(2)35)34-28(33-26)31-21(3)36/h8-15H,2-7,16-22,30-31H2,1H3,(H2,32,33,34,35,36);9-16H,4-8,17-19H2,1-3H3,(H3,29,30,31,32,33,34,35,36). The number of nitrogens with zero attached hydrogens (tertiary/aromatic N) is 6. The molecule has 0 atom stereocenters. The Bertz CT molecular complexity index is 2530. The molecule has 2 amide bonds. The molecule has 0 fully saturated rings. The number of anilines is 5. The van der Waals surface area contributed by atoms with Gasteiger partial charge in [-0.15, -0.1) is 0 Å². The van der Waals surface area contributed by atoms with E-state index in [1.54, 1.807) is 0 Å². The first-order valence-electron chi connectivity index (χ1n) is 26.9. The van der Waals surface area contributed by atoms with Crippen LogP contribution in [0.25, 0.3) is 22.3 Å². The molecule has 6 rings (SSSR count). The second-order valence-corrected chi connectivity index (χ2v) is 17.8. The molecule has 0 aliphatic heterocycles. The summed E-state index contributed by atoms with van der Waals surface area (Å²) in [7, 11) is 0. The molecule has 20 heteroatoms. The van der Waals surface area contributed by atoms with Crippen molar-refractivity contribution in [2.45, 2.75) is 98.3 Å². The van der Waals surface area contributed by atoms with E-state index >= 15 is 0 Å². The van der Waals surface area contributed by atoms with Gasteiger partial charge in [-0.3, -0.25) is 20.2 Å². The number of rotatable bonds is 35. The zero-order valence-corrected chi connectivity index (χ0v) is 45.3. The molecular weight excluding hydrogens is 979 g/mol. The molecule has 414 valence electrons. The smallest absolute Gasteiger partial charge is 0.323 e. The van der Waals surface area contributed by atoms with Crippen LogP contribution in [0, 0.1) is 0 Å².